The first kappa shape index (κ1) is 22.5. The first-order valence-corrected chi connectivity index (χ1v) is 10.3. The molecule has 1 unspecified atom stereocenters. The molecule has 1 aliphatic heterocycles. The van der Waals surface area contributed by atoms with Gasteiger partial charge in [-0.25, -0.2) is 5.01 Å². The van der Waals surface area contributed by atoms with Gasteiger partial charge in [0.25, 0.3) is 5.91 Å². The van der Waals surface area contributed by atoms with Crippen LogP contribution in [0, 0.1) is 6.92 Å². The number of hydrogen-bond donors (Lipinski definition) is 0. The molecule has 7 heteroatoms. The van der Waals surface area contributed by atoms with Gasteiger partial charge < -0.3 is 14.4 Å². The summed E-state index contributed by atoms with van der Waals surface area (Å²) < 4.78 is 10.3. The Morgan fingerprint density at radius 2 is 1.77 bits per heavy atom. The summed E-state index contributed by atoms with van der Waals surface area (Å²) in [5.74, 6) is 0.372. The zero-order chi connectivity index (χ0) is 22.4. The Bertz CT molecular complexity index is 938. The standard InChI is InChI=1S/C24H29N3O4/c1-17-5-7-20(8-6-17)23-15-22(19-9-11-21(31-4)12-10-19)25-27(23)24(29)16-26(18(2)28)13-14-30-3/h5-12,23H,13-16H2,1-4H3. The molecule has 0 N–H and O–H groups in total. The lowest BCUT2D eigenvalue weighted by Gasteiger charge is -2.26. The molecular weight excluding hydrogens is 394 g/mol. The minimum atomic E-state index is -0.222. The van der Waals surface area contributed by atoms with Crippen molar-refractivity contribution in [3.8, 4) is 5.75 Å². The largest absolute Gasteiger partial charge is 0.497 e. The van der Waals surface area contributed by atoms with E-state index in [1.807, 2.05) is 55.5 Å². The first-order chi connectivity index (χ1) is 14.9. The van der Waals surface area contributed by atoms with Gasteiger partial charge in [-0.1, -0.05) is 29.8 Å². The number of benzene rings is 2. The number of carbonyl (C=O) groups excluding carboxylic acids is 2. The minimum absolute atomic E-state index is 0.0412. The smallest absolute Gasteiger partial charge is 0.262 e. The second kappa shape index (κ2) is 10.2. The molecule has 1 atom stereocenters. The highest BCUT2D eigenvalue weighted by molar-refractivity contribution is 6.03. The van der Waals surface area contributed by atoms with E-state index in [0.29, 0.717) is 19.6 Å². The van der Waals surface area contributed by atoms with E-state index in [2.05, 4.69) is 5.10 Å². The fraction of sp³-hybridized carbons (Fsp3) is 0.375. The predicted molar refractivity (Wildman–Crippen MR) is 119 cm³/mol. The molecule has 0 fully saturated rings. The molecular formula is C24H29N3O4. The van der Waals surface area contributed by atoms with Crippen LogP contribution >= 0.6 is 0 Å². The second-order valence-corrected chi connectivity index (χ2v) is 7.58. The summed E-state index contributed by atoms with van der Waals surface area (Å²) in [5.41, 5.74) is 3.93. The predicted octanol–water partition coefficient (Wildman–Crippen LogP) is 3.18. The third-order valence-corrected chi connectivity index (χ3v) is 5.39. The van der Waals surface area contributed by atoms with Gasteiger partial charge in [-0.3, -0.25) is 9.59 Å². The van der Waals surface area contributed by atoms with E-state index in [9.17, 15) is 9.59 Å². The number of hydrogen-bond acceptors (Lipinski definition) is 5. The van der Waals surface area contributed by atoms with E-state index in [1.54, 1.807) is 14.2 Å². The quantitative estimate of drug-likeness (QED) is 0.654. The Labute approximate surface area is 183 Å². The first-order valence-electron chi connectivity index (χ1n) is 10.3. The molecule has 2 aromatic carbocycles. The topological polar surface area (TPSA) is 71.4 Å². The lowest BCUT2D eigenvalue weighted by molar-refractivity contribution is -0.141. The molecule has 3 rings (SSSR count). The Kier molecular flexibility index (Phi) is 7.41. The maximum atomic E-state index is 13.2. The lowest BCUT2D eigenvalue weighted by Crippen LogP contribution is -2.41. The van der Waals surface area contributed by atoms with Crippen molar-refractivity contribution >= 4 is 17.5 Å². The average Bonchev–Trinajstić information content (AvgIpc) is 3.22. The van der Waals surface area contributed by atoms with E-state index in [0.717, 1.165) is 28.2 Å². The Balaban J connectivity index is 1.88. The Hall–Kier alpha value is -3.19. The molecule has 0 bridgehead atoms. The summed E-state index contributed by atoms with van der Waals surface area (Å²) in [7, 11) is 3.19. The number of carbonyl (C=O) groups is 2. The molecule has 0 radical (unpaired) electrons. The van der Waals surface area contributed by atoms with Crippen LogP contribution in [-0.4, -0.2) is 61.4 Å². The fourth-order valence-corrected chi connectivity index (χ4v) is 3.53. The van der Waals surface area contributed by atoms with Gasteiger partial charge >= 0.3 is 0 Å². The molecule has 7 nitrogen and oxygen atoms in total. The molecule has 1 heterocycles. The SMILES string of the molecule is COCCN(CC(=O)N1N=C(c2ccc(OC)cc2)CC1c1ccc(C)cc1)C(C)=O. The van der Waals surface area contributed by atoms with Gasteiger partial charge in [0.2, 0.25) is 5.91 Å². The minimum Gasteiger partial charge on any atom is -0.497 e. The van der Waals surface area contributed by atoms with Crippen LogP contribution in [-0.2, 0) is 14.3 Å². The third-order valence-electron chi connectivity index (χ3n) is 5.39. The zero-order valence-electron chi connectivity index (χ0n) is 18.5. The highest BCUT2D eigenvalue weighted by Crippen LogP contribution is 2.33. The van der Waals surface area contributed by atoms with Crippen molar-refractivity contribution in [1.82, 2.24) is 9.91 Å². The lowest BCUT2D eigenvalue weighted by atomic mass is 9.97. The van der Waals surface area contributed by atoms with Crippen LogP contribution in [0.1, 0.15) is 36.1 Å². The Morgan fingerprint density at radius 1 is 1.10 bits per heavy atom. The number of amides is 2. The van der Waals surface area contributed by atoms with Crippen molar-refractivity contribution in [1.29, 1.82) is 0 Å². The summed E-state index contributed by atoms with van der Waals surface area (Å²) in [6, 6.07) is 15.5. The summed E-state index contributed by atoms with van der Waals surface area (Å²) >= 11 is 0. The molecule has 0 aromatic heterocycles. The van der Waals surface area contributed by atoms with Crippen LogP contribution in [0.5, 0.6) is 5.75 Å². The van der Waals surface area contributed by atoms with Crippen molar-refractivity contribution in [3.05, 3.63) is 65.2 Å². The monoisotopic (exact) mass is 423 g/mol. The van der Waals surface area contributed by atoms with Crippen molar-refractivity contribution in [2.24, 2.45) is 5.10 Å². The average molecular weight is 424 g/mol. The number of nitrogens with zero attached hydrogens (tertiary/aromatic N) is 3. The van der Waals surface area contributed by atoms with Gasteiger partial charge in [-0.2, -0.15) is 5.10 Å². The van der Waals surface area contributed by atoms with E-state index in [-0.39, 0.29) is 24.4 Å². The number of rotatable bonds is 8. The summed E-state index contributed by atoms with van der Waals surface area (Å²) in [6.07, 6.45) is 0.597. The Morgan fingerprint density at radius 3 is 2.35 bits per heavy atom. The van der Waals surface area contributed by atoms with E-state index in [4.69, 9.17) is 9.47 Å². The van der Waals surface area contributed by atoms with Crippen LogP contribution in [0.3, 0.4) is 0 Å². The highest BCUT2D eigenvalue weighted by atomic mass is 16.5. The molecule has 2 amide bonds. The molecule has 0 spiro atoms. The van der Waals surface area contributed by atoms with Gasteiger partial charge in [0.05, 0.1) is 25.5 Å². The van der Waals surface area contributed by atoms with Crippen molar-refractivity contribution in [2.75, 3.05) is 33.9 Å². The van der Waals surface area contributed by atoms with Crippen LogP contribution in [0.4, 0.5) is 0 Å². The number of hydrazone groups is 1. The van der Waals surface area contributed by atoms with Crippen molar-refractivity contribution < 1.29 is 19.1 Å². The number of methoxy groups -OCH3 is 2. The van der Waals surface area contributed by atoms with Crippen LogP contribution < -0.4 is 4.74 Å². The molecule has 0 aliphatic carbocycles. The van der Waals surface area contributed by atoms with E-state index >= 15 is 0 Å². The molecule has 2 aromatic rings. The van der Waals surface area contributed by atoms with Crippen LogP contribution in [0.25, 0.3) is 0 Å². The van der Waals surface area contributed by atoms with Gasteiger partial charge in [0.1, 0.15) is 12.3 Å². The van der Waals surface area contributed by atoms with Crippen LogP contribution in [0.2, 0.25) is 0 Å². The summed E-state index contributed by atoms with van der Waals surface area (Å²) in [5, 5.41) is 6.20. The highest BCUT2D eigenvalue weighted by Gasteiger charge is 2.34. The summed E-state index contributed by atoms with van der Waals surface area (Å²) in [6.45, 7) is 4.17. The normalized spacial score (nSPS) is 15.5. The molecule has 0 saturated carbocycles. The number of ether oxygens (including phenoxy) is 2. The van der Waals surface area contributed by atoms with Crippen molar-refractivity contribution in [3.63, 3.8) is 0 Å². The van der Waals surface area contributed by atoms with Crippen molar-refractivity contribution in [2.45, 2.75) is 26.3 Å². The zero-order valence-corrected chi connectivity index (χ0v) is 18.5. The van der Waals surface area contributed by atoms with E-state index < -0.39 is 0 Å². The van der Waals surface area contributed by atoms with Gasteiger partial charge in [0, 0.05) is 27.0 Å². The van der Waals surface area contributed by atoms with Gasteiger partial charge in [0.15, 0.2) is 0 Å². The molecule has 0 saturated heterocycles. The fourth-order valence-electron chi connectivity index (χ4n) is 3.53. The number of aryl methyl sites for hydroxylation is 1. The maximum Gasteiger partial charge on any atom is 0.262 e. The molecule has 31 heavy (non-hydrogen) atoms. The van der Waals surface area contributed by atoms with Gasteiger partial charge in [-0.15, -0.1) is 0 Å². The summed E-state index contributed by atoms with van der Waals surface area (Å²) in [4.78, 5) is 26.7. The van der Waals surface area contributed by atoms with Gasteiger partial charge in [-0.05, 0) is 42.3 Å². The van der Waals surface area contributed by atoms with Crippen LogP contribution in [0.15, 0.2) is 53.6 Å². The maximum absolute atomic E-state index is 13.2. The third kappa shape index (κ3) is 5.49. The molecule has 164 valence electrons. The van der Waals surface area contributed by atoms with E-state index in [1.165, 1.54) is 16.8 Å². The molecule has 1 aliphatic rings. The second-order valence-electron chi connectivity index (χ2n) is 7.58.